The number of hydrogen-bond acceptors (Lipinski definition) is 1. The number of rotatable bonds is 3. The van der Waals surface area contributed by atoms with Crippen molar-refractivity contribution in [2.75, 3.05) is 0 Å². The molecule has 0 atom stereocenters. The minimum atomic E-state index is 0.269. The Morgan fingerprint density at radius 2 is 2.21 bits per heavy atom. The maximum Gasteiger partial charge on any atom is 0.162 e. The molecule has 0 aromatic rings. The summed E-state index contributed by atoms with van der Waals surface area (Å²) in [5.74, 6) is 0.269. The molecule has 0 saturated carbocycles. The number of carbonyl (C=O) groups excluding carboxylic acids is 1. The third kappa shape index (κ3) is 3.13. The average molecular weight is 192 g/mol. The Morgan fingerprint density at radius 3 is 2.71 bits per heavy atom. The Kier molecular flexibility index (Phi) is 3.30. The fourth-order valence-electron chi connectivity index (χ4n) is 1.91. The first kappa shape index (κ1) is 11.2. The van der Waals surface area contributed by atoms with E-state index in [1.165, 1.54) is 6.42 Å². The number of ketones is 1. The Labute approximate surface area is 86.9 Å². The van der Waals surface area contributed by atoms with Crippen LogP contribution in [-0.2, 0) is 4.79 Å². The molecule has 1 aliphatic rings. The fraction of sp³-hybridized carbons (Fsp3) is 0.615. The van der Waals surface area contributed by atoms with Crippen molar-refractivity contribution in [3.05, 3.63) is 23.8 Å². The SMILES string of the molecule is C=C(C)CC(=O)C1=CCCC(C)(C)C1. The summed E-state index contributed by atoms with van der Waals surface area (Å²) in [6.07, 6.45) is 5.79. The van der Waals surface area contributed by atoms with Crippen LogP contribution in [0.5, 0.6) is 0 Å². The van der Waals surface area contributed by atoms with Crippen LogP contribution in [0.2, 0.25) is 0 Å². The molecule has 0 spiro atoms. The highest BCUT2D eigenvalue weighted by atomic mass is 16.1. The lowest BCUT2D eigenvalue weighted by atomic mass is 9.76. The van der Waals surface area contributed by atoms with E-state index in [4.69, 9.17) is 0 Å². The zero-order valence-electron chi connectivity index (χ0n) is 9.52. The summed E-state index contributed by atoms with van der Waals surface area (Å²) in [7, 11) is 0. The van der Waals surface area contributed by atoms with Gasteiger partial charge in [-0.05, 0) is 37.2 Å². The summed E-state index contributed by atoms with van der Waals surface area (Å²) in [4.78, 5) is 11.8. The van der Waals surface area contributed by atoms with Gasteiger partial charge in [-0.3, -0.25) is 4.79 Å². The van der Waals surface area contributed by atoms with E-state index in [0.29, 0.717) is 11.8 Å². The smallest absolute Gasteiger partial charge is 0.162 e. The lowest BCUT2D eigenvalue weighted by molar-refractivity contribution is -0.115. The van der Waals surface area contributed by atoms with Gasteiger partial charge in [0, 0.05) is 6.42 Å². The molecule has 0 fully saturated rings. The van der Waals surface area contributed by atoms with Crippen molar-refractivity contribution in [1.82, 2.24) is 0 Å². The van der Waals surface area contributed by atoms with Crippen molar-refractivity contribution >= 4 is 5.78 Å². The molecule has 0 unspecified atom stereocenters. The topological polar surface area (TPSA) is 17.1 Å². The Bertz CT molecular complexity index is 282. The van der Waals surface area contributed by atoms with E-state index < -0.39 is 0 Å². The van der Waals surface area contributed by atoms with Gasteiger partial charge in [-0.25, -0.2) is 0 Å². The largest absolute Gasteiger partial charge is 0.294 e. The van der Waals surface area contributed by atoms with Gasteiger partial charge in [-0.15, -0.1) is 0 Å². The van der Waals surface area contributed by atoms with E-state index in [1.54, 1.807) is 0 Å². The first-order valence-electron chi connectivity index (χ1n) is 5.27. The van der Waals surface area contributed by atoms with Crippen molar-refractivity contribution in [2.24, 2.45) is 5.41 Å². The molecule has 0 aromatic heterocycles. The Hall–Kier alpha value is -0.850. The third-order valence-electron chi connectivity index (χ3n) is 2.70. The molecule has 0 aliphatic heterocycles. The first-order valence-corrected chi connectivity index (χ1v) is 5.27. The molecule has 1 heteroatoms. The van der Waals surface area contributed by atoms with Gasteiger partial charge in [0.1, 0.15) is 0 Å². The molecule has 14 heavy (non-hydrogen) atoms. The Balaban J connectivity index is 2.65. The van der Waals surface area contributed by atoms with Crippen LogP contribution in [0, 0.1) is 5.41 Å². The monoisotopic (exact) mass is 192 g/mol. The first-order chi connectivity index (χ1) is 6.41. The van der Waals surface area contributed by atoms with Crippen LogP contribution in [0.3, 0.4) is 0 Å². The van der Waals surface area contributed by atoms with Gasteiger partial charge in [0.15, 0.2) is 5.78 Å². The standard InChI is InChI=1S/C13H20O/c1-10(2)8-12(14)11-6-5-7-13(3,4)9-11/h6H,1,5,7-9H2,2-4H3. The summed E-state index contributed by atoms with van der Waals surface area (Å²) >= 11 is 0. The van der Waals surface area contributed by atoms with Crippen LogP contribution in [-0.4, -0.2) is 5.78 Å². The van der Waals surface area contributed by atoms with Gasteiger partial charge in [0.2, 0.25) is 0 Å². The number of hydrogen-bond donors (Lipinski definition) is 0. The zero-order chi connectivity index (χ0) is 10.8. The van der Waals surface area contributed by atoms with Gasteiger partial charge in [-0.1, -0.05) is 32.1 Å². The summed E-state index contributed by atoms with van der Waals surface area (Å²) in [6.45, 7) is 10.1. The zero-order valence-corrected chi connectivity index (χ0v) is 9.52. The van der Waals surface area contributed by atoms with Crippen LogP contribution in [0.25, 0.3) is 0 Å². The third-order valence-corrected chi connectivity index (χ3v) is 2.70. The molecule has 1 nitrogen and oxygen atoms in total. The molecule has 0 N–H and O–H groups in total. The second-order valence-corrected chi connectivity index (χ2v) is 5.17. The van der Waals surface area contributed by atoms with Crippen LogP contribution in [0.4, 0.5) is 0 Å². The maximum atomic E-state index is 11.8. The molecule has 1 aliphatic carbocycles. The minimum Gasteiger partial charge on any atom is -0.294 e. The van der Waals surface area contributed by atoms with Crippen molar-refractivity contribution in [3.8, 4) is 0 Å². The van der Waals surface area contributed by atoms with E-state index in [9.17, 15) is 4.79 Å². The highest BCUT2D eigenvalue weighted by Gasteiger charge is 2.25. The van der Waals surface area contributed by atoms with Crippen molar-refractivity contribution in [1.29, 1.82) is 0 Å². The normalized spacial score (nSPS) is 20.1. The fourth-order valence-corrected chi connectivity index (χ4v) is 1.91. The molecule has 78 valence electrons. The van der Waals surface area contributed by atoms with E-state index >= 15 is 0 Å². The van der Waals surface area contributed by atoms with Crippen LogP contribution in [0.1, 0.15) is 46.5 Å². The highest BCUT2D eigenvalue weighted by Crippen LogP contribution is 2.35. The van der Waals surface area contributed by atoms with Gasteiger partial charge in [-0.2, -0.15) is 0 Å². The van der Waals surface area contributed by atoms with Gasteiger partial charge < -0.3 is 0 Å². The van der Waals surface area contributed by atoms with Crippen molar-refractivity contribution < 1.29 is 4.79 Å². The Morgan fingerprint density at radius 1 is 1.57 bits per heavy atom. The van der Waals surface area contributed by atoms with Crippen LogP contribution < -0.4 is 0 Å². The van der Waals surface area contributed by atoms with Crippen molar-refractivity contribution in [3.63, 3.8) is 0 Å². The quantitative estimate of drug-likeness (QED) is 0.624. The van der Waals surface area contributed by atoms with Crippen LogP contribution >= 0.6 is 0 Å². The highest BCUT2D eigenvalue weighted by molar-refractivity contribution is 5.96. The minimum absolute atomic E-state index is 0.269. The number of Topliss-reactive ketones (excluding diaryl/α,β-unsaturated/α-hetero) is 1. The molecule has 0 saturated heterocycles. The maximum absolute atomic E-state index is 11.8. The average Bonchev–Trinajstić information content (AvgIpc) is 2.01. The predicted molar refractivity (Wildman–Crippen MR) is 60.2 cm³/mol. The van der Waals surface area contributed by atoms with Gasteiger partial charge >= 0.3 is 0 Å². The number of allylic oxidation sites excluding steroid dienone is 3. The molecule has 0 aromatic carbocycles. The van der Waals surface area contributed by atoms with E-state index in [1.807, 2.05) is 6.92 Å². The summed E-state index contributed by atoms with van der Waals surface area (Å²) in [5, 5.41) is 0. The van der Waals surface area contributed by atoms with Crippen molar-refractivity contribution in [2.45, 2.75) is 46.5 Å². The summed E-state index contributed by atoms with van der Waals surface area (Å²) in [5.41, 5.74) is 2.28. The van der Waals surface area contributed by atoms with Gasteiger partial charge in [0.05, 0.1) is 0 Å². The van der Waals surface area contributed by atoms with E-state index in [0.717, 1.165) is 24.0 Å². The molecule has 1 rings (SSSR count). The summed E-state index contributed by atoms with van der Waals surface area (Å²) in [6, 6.07) is 0. The summed E-state index contributed by atoms with van der Waals surface area (Å²) < 4.78 is 0. The van der Waals surface area contributed by atoms with Gasteiger partial charge in [0.25, 0.3) is 0 Å². The lowest BCUT2D eigenvalue weighted by Gasteiger charge is -2.29. The second kappa shape index (κ2) is 4.12. The van der Waals surface area contributed by atoms with Crippen LogP contribution in [0.15, 0.2) is 23.8 Å². The van der Waals surface area contributed by atoms with E-state index in [2.05, 4.69) is 26.5 Å². The molecule has 0 amide bonds. The number of carbonyl (C=O) groups is 1. The molecule has 0 heterocycles. The lowest BCUT2D eigenvalue weighted by Crippen LogP contribution is -2.19. The molecular weight excluding hydrogens is 172 g/mol. The molecule has 0 radical (unpaired) electrons. The second-order valence-electron chi connectivity index (χ2n) is 5.17. The predicted octanol–water partition coefficient (Wildman–Crippen LogP) is 3.66. The van der Waals surface area contributed by atoms with E-state index in [-0.39, 0.29) is 5.78 Å². The molecule has 0 bridgehead atoms. The molecular formula is C13H20O.